The smallest absolute Gasteiger partial charge is 0.123 e. The van der Waals surface area contributed by atoms with Crippen LogP contribution in [0.3, 0.4) is 0 Å². The maximum Gasteiger partial charge on any atom is 0.123 e. The third-order valence-electron chi connectivity index (χ3n) is 2.70. The predicted molar refractivity (Wildman–Crippen MR) is 90.6 cm³/mol. The van der Waals surface area contributed by atoms with Crippen LogP contribution in [0.2, 0.25) is 5.02 Å². The largest absolute Gasteiger partial charge is 0.496 e. The molecule has 0 fully saturated rings. The number of ether oxygens (including phenoxy) is 1. The molecule has 5 heteroatoms. The molecule has 0 N–H and O–H groups in total. The molecule has 0 aromatic heterocycles. The van der Waals surface area contributed by atoms with E-state index in [0.717, 1.165) is 25.8 Å². The molecule has 0 aliphatic carbocycles. The number of alkyl halides is 1. The Morgan fingerprint density at radius 1 is 1.11 bits per heavy atom. The maximum absolute atomic E-state index is 6.14. The Morgan fingerprint density at radius 2 is 1.84 bits per heavy atom. The van der Waals surface area contributed by atoms with E-state index in [0.29, 0.717) is 5.02 Å². The Kier molecular flexibility index (Phi) is 5.35. The van der Waals surface area contributed by atoms with E-state index in [2.05, 4.69) is 47.8 Å². The predicted octanol–water partition coefficient (Wildman–Crippen LogP) is 6.36. The molecule has 19 heavy (non-hydrogen) atoms. The molecule has 0 saturated carbocycles. The SMILES string of the molecule is COc1ccc(Br)cc1C(Br)c1ccc(Br)c(Cl)c1. The van der Waals surface area contributed by atoms with Gasteiger partial charge in [-0.2, -0.15) is 0 Å². The second-order valence-electron chi connectivity index (χ2n) is 3.92. The fourth-order valence-corrected chi connectivity index (χ4v) is 3.21. The quantitative estimate of drug-likeness (QED) is 0.476. The van der Waals surface area contributed by atoms with Crippen LogP contribution in [0.4, 0.5) is 0 Å². The first-order chi connectivity index (χ1) is 9.02. The fraction of sp³-hybridized carbons (Fsp3) is 0.143. The molecule has 0 radical (unpaired) electrons. The molecule has 1 atom stereocenters. The van der Waals surface area contributed by atoms with Gasteiger partial charge >= 0.3 is 0 Å². The van der Waals surface area contributed by atoms with Crippen LogP contribution in [0.5, 0.6) is 5.75 Å². The Bertz CT molecular complexity index is 601. The van der Waals surface area contributed by atoms with E-state index in [1.165, 1.54) is 0 Å². The molecule has 0 saturated heterocycles. The Hall–Kier alpha value is -0.0300. The summed E-state index contributed by atoms with van der Waals surface area (Å²) in [6.45, 7) is 0. The topological polar surface area (TPSA) is 9.23 Å². The van der Waals surface area contributed by atoms with Crippen molar-refractivity contribution in [3.05, 3.63) is 61.5 Å². The zero-order valence-electron chi connectivity index (χ0n) is 9.96. The van der Waals surface area contributed by atoms with Crippen LogP contribution in [0, 0.1) is 0 Å². The molecule has 0 spiro atoms. The molecule has 2 aromatic carbocycles. The molecule has 0 aliphatic rings. The van der Waals surface area contributed by atoms with Gasteiger partial charge in [-0.15, -0.1) is 0 Å². The monoisotopic (exact) mass is 466 g/mol. The third-order valence-corrected chi connectivity index (χ3v) is 5.45. The van der Waals surface area contributed by atoms with Crippen molar-refractivity contribution >= 4 is 59.4 Å². The van der Waals surface area contributed by atoms with Gasteiger partial charge in [-0.05, 0) is 51.8 Å². The highest BCUT2D eigenvalue weighted by Crippen LogP contribution is 2.39. The average Bonchev–Trinajstić information content (AvgIpc) is 2.41. The molecule has 1 nitrogen and oxygen atoms in total. The van der Waals surface area contributed by atoms with Crippen LogP contribution >= 0.6 is 59.4 Å². The molecule has 1 unspecified atom stereocenters. The summed E-state index contributed by atoms with van der Waals surface area (Å²) in [6.07, 6.45) is 0. The van der Waals surface area contributed by atoms with Crippen molar-refractivity contribution in [3.8, 4) is 5.75 Å². The van der Waals surface area contributed by atoms with Crippen molar-refractivity contribution in [3.63, 3.8) is 0 Å². The highest BCUT2D eigenvalue weighted by Gasteiger charge is 2.16. The summed E-state index contributed by atoms with van der Waals surface area (Å²) in [5, 5.41) is 0.691. The molecule has 2 rings (SSSR count). The average molecular weight is 469 g/mol. The van der Waals surface area contributed by atoms with Gasteiger partial charge in [-0.3, -0.25) is 0 Å². The highest BCUT2D eigenvalue weighted by molar-refractivity contribution is 9.11. The van der Waals surface area contributed by atoms with Gasteiger partial charge in [0.25, 0.3) is 0 Å². The van der Waals surface area contributed by atoms with Crippen molar-refractivity contribution < 1.29 is 4.74 Å². The Morgan fingerprint density at radius 3 is 2.47 bits per heavy atom. The standard InChI is InChI=1S/C14H10Br3ClO/c1-19-13-5-3-9(15)7-10(13)14(17)8-2-4-11(16)12(18)6-8/h2-7,14H,1H3. The van der Waals surface area contributed by atoms with Crippen LogP contribution in [0.25, 0.3) is 0 Å². The van der Waals surface area contributed by atoms with Crippen LogP contribution in [0.15, 0.2) is 45.3 Å². The minimum absolute atomic E-state index is 0.0190. The molecule has 2 aromatic rings. The minimum Gasteiger partial charge on any atom is -0.496 e. The van der Waals surface area contributed by atoms with E-state index in [4.69, 9.17) is 16.3 Å². The van der Waals surface area contributed by atoms with Crippen molar-refractivity contribution in [2.45, 2.75) is 4.83 Å². The van der Waals surface area contributed by atoms with Crippen LogP contribution in [-0.4, -0.2) is 7.11 Å². The maximum atomic E-state index is 6.14. The first-order valence-corrected chi connectivity index (χ1v) is 8.33. The summed E-state index contributed by atoms with van der Waals surface area (Å²) in [5.74, 6) is 0.837. The minimum atomic E-state index is 0.0190. The summed E-state index contributed by atoms with van der Waals surface area (Å²) < 4.78 is 7.30. The van der Waals surface area contributed by atoms with Gasteiger partial charge in [-0.25, -0.2) is 0 Å². The van der Waals surface area contributed by atoms with Gasteiger partial charge in [0, 0.05) is 14.5 Å². The Labute approximate surface area is 142 Å². The second-order valence-corrected chi connectivity index (χ2v) is 7.02. The van der Waals surface area contributed by atoms with E-state index in [1.807, 2.05) is 36.4 Å². The van der Waals surface area contributed by atoms with E-state index >= 15 is 0 Å². The van der Waals surface area contributed by atoms with Crippen molar-refractivity contribution in [1.29, 1.82) is 0 Å². The lowest BCUT2D eigenvalue weighted by Crippen LogP contribution is -1.97. The van der Waals surface area contributed by atoms with Gasteiger partial charge in [0.2, 0.25) is 0 Å². The number of benzene rings is 2. The number of methoxy groups -OCH3 is 1. The first kappa shape index (κ1) is 15.4. The summed E-state index contributed by atoms with van der Waals surface area (Å²) in [5.41, 5.74) is 2.12. The molecule has 100 valence electrons. The summed E-state index contributed by atoms with van der Waals surface area (Å²) >= 11 is 16.7. The van der Waals surface area contributed by atoms with E-state index in [1.54, 1.807) is 7.11 Å². The zero-order chi connectivity index (χ0) is 14.0. The summed E-state index contributed by atoms with van der Waals surface area (Å²) in [4.78, 5) is 0.0190. The highest BCUT2D eigenvalue weighted by atomic mass is 79.9. The van der Waals surface area contributed by atoms with Gasteiger partial charge in [-0.1, -0.05) is 49.5 Å². The van der Waals surface area contributed by atoms with Crippen LogP contribution in [0.1, 0.15) is 16.0 Å². The van der Waals surface area contributed by atoms with Crippen molar-refractivity contribution in [1.82, 2.24) is 0 Å². The third kappa shape index (κ3) is 3.54. The first-order valence-electron chi connectivity index (χ1n) is 5.45. The van der Waals surface area contributed by atoms with Crippen LogP contribution < -0.4 is 4.74 Å². The van der Waals surface area contributed by atoms with E-state index in [9.17, 15) is 0 Å². The Balaban J connectivity index is 2.45. The van der Waals surface area contributed by atoms with Crippen LogP contribution in [-0.2, 0) is 0 Å². The number of rotatable bonds is 3. The van der Waals surface area contributed by atoms with Gasteiger partial charge in [0.1, 0.15) is 5.75 Å². The van der Waals surface area contributed by atoms with Gasteiger partial charge in [0.05, 0.1) is 17.0 Å². The fourth-order valence-electron chi connectivity index (χ4n) is 1.75. The molecular formula is C14H10Br3ClO. The number of hydrogen-bond acceptors (Lipinski definition) is 1. The second kappa shape index (κ2) is 6.61. The number of hydrogen-bond donors (Lipinski definition) is 0. The number of halogens is 4. The summed E-state index contributed by atoms with van der Waals surface area (Å²) in [7, 11) is 1.67. The van der Waals surface area contributed by atoms with Gasteiger partial charge < -0.3 is 4.74 Å². The lowest BCUT2D eigenvalue weighted by Gasteiger charge is -2.15. The molecular weight excluding hydrogens is 459 g/mol. The molecule has 0 aliphatic heterocycles. The normalized spacial score (nSPS) is 12.3. The van der Waals surface area contributed by atoms with Crippen molar-refractivity contribution in [2.75, 3.05) is 7.11 Å². The lowest BCUT2D eigenvalue weighted by molar-refractivity contribution is 0.410. The lowest BCUT2D eigenvalue weighted by atomic mass is 10.0. The van der Waals surface area contributed by atoms with Gasteiger partial charge in [0.15, 0.2) is 0 Å². The van der Waals surface area contributed by atoms with E-state index in [-0.39, 0.29) is 4.83 Å². The molecule has 0 heterocycles. The van der Waals surface area contributed by atoms with Crippen molar-refractivity contribution in [2.24, 2.45) is 0 Å². The summed E-state index contributed by atoms with van der Waals surface area (Å²) in [6, 6.07) is 11.8. The molecule has 0 bridgehead atoms. The van der Waals surface area contributed by atoms with E-state index < -0.39 is 0 Å². The molecule has 0 amide bonds. The zero-order valence-corrected chi connectivity index (χ0v) is 15.5.